The molecule has 0 radical (unpaired) electrons. The lowest BCUT2D eigenvalue weighted by Gasteiger charge is -2.36. The molecule has 0 saturated carbocycles. The molecule has 2 atom stereocenters. The van der Waals surface area contributed by atoms with Crippen molar-refractivity contribution in [2.45, 2.75) is 43.8 Å². The summed E-state index contributed by atoms with van der Waals surface area (Å²) in [5.41, 5.74) is 1.28. The topological polar surface area (TPSA) is 58.4 Å². The van der Waals surface area contributed by atoms with Gasteiger partial charge in [0, 0.05) is 29.8 Å². The van der Waals surface area contributed by atoms with Crippen LogP contribution in [0.15, 0.2) is 40.9 Å². The number of nitrogens with one attached hydrogen (secondary N) is 1. The number of nitrogens with zero attached hydrogens (tertiary/aromatic N) is 2. The van der Waals surface area contributed by atoms with Crippen LogP contribution >= 0.6 is 0 Å². The molecule has 2 saturated heterocycles. The molecule has 0 unspecified atom stereocenters. The van der Waals surface area contributed by atoms with Crippen LogP contribution in [-0.2, 0) is 0 Å². The van der Waals surface area contributed by atoms with Gasteiger partial charge in [-0.2, -0.15) is 0 Å². The van der Waals surface area contributed by atoms with Crippen LogP contribution in [0.25, 0.3) is 11.3 Å². The van der Waals surface area contributed by atoms with Crippen LogP contribution in [0.4, 0.5) is 0 Å². The number of fused-ring (bicyclic) bond motifs is 2. The molecule has 1 aromatic carbocycles. The highest BCUT2D eigenvalue weighted by Gasteiger charge is 2.39. The molecule has 1 amide bonds. The van der Waals surface area contributed by atoms with Gasteiger partial charge in [0.1, 0.15) is 0 Å². The van der Waals surface area contributed by atoms with Crippen molar-refractivity contribution < 1.29 is 9.32 Å². The Hall–Kier alpha value is -2.14. The number of benzene rings is 1. The van der Waals surface area contributed by atoms with E-state index < -0.39 is 0 Å². The van der Waals surface area contributed by atoms with Gasteiger partial charge in [-0.1, -0.05) is 35.5 Å². The highest BCUT2D eigenvalue weighted by atomic mass is 16.5. The van der Waals surface area contributed by atoms with Crippen LogP contribution in [0.5, 0.6) is 0 Å². The third-order valence-corrected chi connectivity index (χ3v) is 5.23. The van der Waals surface area contributed by atoms with Crippen molar-refractivity contribution in [2.75, 3.05) is 7.05 Å². The molecule has 2 aliphatic heterocycles. The molecule has 5 heteroatoms. The zero-order valence-electron chi connectivity index (χ0n) is 13.2. The molecule has 1 N–H and O–H groups in total. The molecule has 2 aliphatic rings. The lowest BCUT2D eigenvalue weighted by molar-refractivity contribution is 0.0874. The number of piperidine rings is 1. The first-order valence-electron chi connectivity index (χ1n) is 8.25. The molecule has 5 nitrogen and oxygen atoms in total. The molecule has 3 heterocycles. The van der Waals surface area contributed by atoms with Gasteiger partial charge in [-0.25, -0.2) is 0 Å². The Bertz CT molecular complexity index is 683. The van der Waals surface area contributed by atoms with Gasteiger partial charge in [0.05, 0.1) is 0 Å². The van der Waals surface area contributed by atoms with Crippen LogP contribution < -0.4 is 5.32 Å². The predicted molar refractivity (Wildman–Crippen MR) is 87.0 cm³/mol. The fourth-order valence-electron chi connectivity index (χ4n) is 3.91. The van der Waals surface area contributed by atoms with Crippen molar-refractivity contribution in [3.05, 3.63) is 42.1 Å². The third kappa shape index (κ3) is 2.77. The summed E-state index contributed by atoms with van der Waals surface area (Å²) in [6.07, 6.45) is 4.55. The Kier molecular flexibility index (Phi) is 3.65. The van der Waals surface area contributed by atoms with E-state index in [-0.39, 0.29) is 11.9 Å². The minimum Gasteiger partial charge on any atom is -0.355 e. The first-order chi connectivity index (χ1) is 11.2. The maximum atomic E-state index is 12.4. The van der Waals surface area contributed by atoms with E-state index in [4.69, 9.17) is 4.52 Å². The first kappa shape index (κ1) is 14.5. The summed E-state index contributed by atoms with van der Waals surface area (Å²) in [6.45, 7) is 0. The van der Waals surface area contributed by atoms with E-state index in [1.165, 1.54) is 12.8 Å². The zero-order chi connectivity index (χ0) is 15.8. The van der Waals surface area contributed by atoms with Crippen LogP contribution in [0, 0.1) is 0 Å². The van der Waals surface area contributed by atoms with Gasteiger partial charge in [-0.15, -0.1) is 0 Å². The number of hydrogen-bond acceptors (Lipinski definition) is 4. The number of aromatic nitrogens is 1. The van der Waals surface area contributed by atoms with Crippen LogP contribution in [-0.4, -0.2) is 41.1 Å². The molecule has 0 aliphatic carbocycles. The van der Waals surface area contributed by atoms with Crippen molar-refractivity contribution in [3.8, 4) is 11.3 Å². The Morgan fingerprint density at radius 1 is 1.22 bits per heavy atom. The van der Waals surface area contributed by atoms with Crippen molar-refractivity contribution in [2.24, 2.45) is 0 Å². The van der Waals surface area contributed by atoms with Crippen molar-refractivity contribution in [1.82, 2.24) is 15.4 Å². The van der Waals surface area contributed by atoms with Gasteiger partial charge in [0.15, 0.2) is 11.5 Å². The van der Waals surface area contributed by atoms with E-state index in [2.05, 4.69) is 22.4 Å². The summed E-state index contributed by atoms with van der Waals surface area (Å²) < 4.78 is 5.31. The average Bonchev–Trinajstić information content (AvgIpc) is 3.12. The van der Waals surface area contributed by atoms with Crippen LogP contribution in [0.2, 0.25) is 0 Å². The summed E-state index contributed by atoms with van der Waals surface area (Å²) in [5.74, 6) is 0.490. The molecule has 2 aromatic rings. The molecular weight excluding hydrogens is 290 g/mol. The second kappa shape index (κ2) is 5.81. The molecule has 1 aromatic heterocycles. The van der Waals surface area contributed by atoms with E-state index in [0.717, 1.165) is 18.4 Å². The highest BCUT2D eigenvalue weighted by molar-refractivity contribution is 5.93. The van der Waals surface area contributed by atoms with E-state index in [9.17, 15) is 4.79 Å². The van der Waals surface area contributed by atoms with Gasteiger partial charge in [-0.3, -0.25) is 4.79 Å². The summed E-state index contributed by atoms with van der Waals surface area (Å²) in [5, 5.41) is 7.06. The lowest BCUT2D eigenvalue weighted by Crippen LogP contribution is -2.48. The summed E-state index contributed by atoms with van der Waals surface area (Å²) in [7, 11) is 2.20. The summed E-state index contributed by atoms with van der Waals surface area (Å²) >= 11 is 0. The van der Waals surface area contributed by atoms with Gasteiger partial charge >= 0.3 is 0 Å². The SMILES string of the molecule is CN1[C@H]2CC[C@H]1CC(NC(=O)c1cc(-c3ccccc3)on1)C2. The Morgan fingerprint density at radius 2 is 1.91 bits per heavy atom. The number of rotatable bonds is 3. The molecule has 23 heavy (non-hydrogen) atoms. The minimum absolute atomic E-state index is 0.134. The Labute approximate surface area is 135 Å². The van der Waals surface area contributed by atoms with E-state index in [1.54, 1.807) is 6.07 Å². The number of hydrogen-bond donors (Lipinski definition) is 1. The van der Waals surface area contributed by atoms with Crippen molar-refractivity contribution in [3.63, 3.8) is 0 Å². The molecule has 2 bridgehead atoms. The van der Waals surface area contributed by atoms with Gasteiger partial charge in [0.25, 0.3) is 5.91 Å². The van der Waals surface area contributed by atoms with Crippen LogP contribution in [0.3, 0.4) is 0 Å². The lowest BCUT2D eigenvalue weighted by atomic mass is 9.98. The van der Waals surface area contributed by atoms with Gasteiger partial charge in [0.2, 0.25) is 0 Å². The fraction of sp³-hybridized carbons (Fsp3) is 0.444. The zero-order valence-corrected chi connectivity index (χ0v) is 13.2. The maximum Gasteiger partial charge on any atom is 0.273 e. The number of carbonyl (C=O) groups excluding carboxylic acids is 1. The fourth-order valence-corrected chi connectivity index (χ4v) is 3.91. The predicted octanol–water partition coefficient (Wildman–Crippen LogP) is 2.70. The minimum atomic E-state index is -0.134. The second-order valence-electron chi connectivity index (χ2n) is 6.63. The largest absolute Gasteiger partial charge is 0.355 e. The normalized spacial score (nSPS) is 27.1. The van der Waals surface area contributed by atoms with Crippen LogP contribution in [0.1, 0.15) is 36.2 Å². The van der Waals surface area contributed by atoms with Gasteiger partial charge < -0.3 is 14.7 Å². The van der Waals surface area contributed by atoms with E-state index >= 15 is 0 Å². The standard InChI is InChI=1S/C18H21N3O2/c1-21-14-7-8-15(21)10-13(9-14)19-18(22)16-11-17(23-20-16)12-5-3-2-4-6-12/h2-6,11,13-15H,7-10H2,1H3,(H,19,22)/t14-,15-/m0/s1. The molecule has 2 fully saturated rings. The smallest absolute Gasteiger partial charge is 0.273 e. The van der Waals surface area contributed by atoms with Crippen molar-refractivity contribution in [1.29, 1.82) is 0 Å². The Balaban J connectivity index is 1.43. The molecule has 120 valence electrons. The molecule has 0 spiro atoms. The maximum absolute atomic E-state index is 12.4. The van der Waals surface area contributed by atoms with Gasteiger partial charge in [-0.05, 0) is 32.7 Å². The average molecular weight is 311 g/mol. The third-order valence-electron chi connectivity index (χ3n) is 5.23. The van der Waals surface area contributed by atoms with E-state index in [1.807, 2.05) is 30.3 Å². The monoisotopic (exact) mass is 311 g/mol. The number of amides is 1. The number of carbonyl (C=O) groups is 1. The molecular formula is C18H21N3O2. The summed E-state index contributed by atoms with van der Waals surface area (Å²) in [6, 6.07) is 12.9. The first-order valence-corrected chi connectivity index (χ1v) is 8.25. The van der Waals surface area contributed by atoms with E-state index in [0.29, 0.717) is 23.5 Å². The molecule has 4 rings (SSSR count). The Morgan fingerprint density at radius 3 is 2.61 bits per heavy atom. The quantitative estimate of drug-likeness (QED) is 0.947. The van der Waals surface area contributed by atoms with Crippen molar-refractivity contribution >= 4 is 5.91 Å². The second-order valence-corrected chi connectivity index (χ2v) is 6.63. The highest BCUT2D eigenvalue weighted by Crippen LogP contribution is 2.34. The summed E-state index contributed by atoms with van der Waals surface area (Å²) in [4.78, 5) is 14.9.